The highest BCUT2D eigenvalue weighted by Crippen LogP contribution is 2.44. The minimum Gasteiger partial charge on any atom is -0.480 e. The maximum Gasteiger partial charge on any atom is 0.412 e. The molecule has 0 radical (unpaired) electrons. The molecule has 0 saturated carbocycles. The van der Waals surface area contributed by atoms with Gasteiger partial charge in [0.1, 0.15) is 24.5 Å². The van der Waals surface area contributed by atoms with Gasteiger partial charge in [0.05, 0.1) is 13.1 Å². The molecule has 1 aromatic heterocycles. The number of ether oxygens (including phenoxy) is 2. The number of benzene rings is 2. The van der Waals surface area contributed by atoms with Gasteiger partial charge in [-0.3, -0.25) is 15.2 Å². The molecule has 0 bridgehead atoms. The van der Waals surface area contributed by atoms with Crippen LogP contribution < -0.4 is 5.32 Å². The number of H-pyrrole nitrogens is 1. The lowest BCUT2D eigenvalue weighted by Gasteiger charge is -2.46. The summed E-state index contributed by atoms with van der Waals surface area (Å²) in [7, 11) is 0. The van der Waals surface area contributed by atoms with E-state index in [0.717, 1.165) is 22.3 Å². The summed E-state index contributed by atoms with van der Waals surface area (Å²) in [4.78, 5) is 37.2. The zero-order chi connectivity index (χ0) is 24.6. The number of carbonyl (C=O) groups is 3. The summed E-state index contributed by atoms with van der Waals surface area (Å²) in [5.41, 5.74) is 4.01. The van der Waals surface area contributed by atoms with Crippen LogP contribution in [0.15, 0.2) is 54.6 Å². The van der Waals surface area contributed by atoms with Gasteiger partial charge in [-0.1, -0.05) is 48.5 Å². The zero-order valence-corrected chi connectivity index (χ0v) is 19.0. The molecule has 1 aliphatic carbocycles. The smallest absolute Gasteiger partial charge is 0.412 e. The summed E-state index contributed by atoms with van der Waals surface area (Å²) < 4.78 is 10.8. The molecule has 10 nitrogen and oxygen atoms in total. The highest BCUT2D eigenvalue weighted by Gasteiger charge is 2.43. The molecule has 2 amide bonds. The largest absolute Gasteiger partial charge is 0.480 e. The van der Waals surface area contributed by atoms with Crippen molar-refractivity contribution in [1.29, 1.82) is 0 Å². The third-order valence-electron chi connectivity index (χ3n) is 6.26. The van der Waals surface area contributed by atoms with Crippen LogP contribution in [0.1, 0.15) is 34.5 Å². The van der Waals surface area contributed by atoms with Gasteiger partial charge in [-0.2, -0.15) is 5.10 Å². The van der Waals surface area contributed by atoms with Gasteiger partial charge in [-0.05, 0) is 29.2 Å². The van der Waals surface area contributed by atoms with Gasteiger partial charge < -0.3 is 19.5 Å². The van der Waals surface area contributed by atoms with Crippen molar-refractivity contribution in [2.24, 2.45) is 0 Å². The first-order valence-corrected chi connectivity index (χ1v) is 11.2. The van der Waals surface area contributed by atoms with Crippen LogP contribution in [0.5, 0.6) is 0 Å². The van der Waals surface area contributed by atoms with Crippen LogP contribution in [0, 0.1) is 0 Å². The lowest BCUT2D eigenvalue weighted by atomic mass is 9.96. The van der Waals surface area contributed by atoms with Gasteiger partial charge in [0, 0.05) is 12.0 Å². The number of aromatic amines is 1. The number of carbonyl (C=O) groups excluding carboxylic acids is 2. The molecule has 2 aliphatic rings. The van der Waals surface area contributed by atoms with E-state index in [2.05, 4.69) is 27.6 Å². The lowest BCUT2D eigenvalue weighted by Crippen LogP contribution is -2.63. The second kappa shape index (κ2) is 8.88. The first-order chi connectivity index (χ1) is 16.8. The topological polar surface area (TPSA) is 134 Å². The van der Waals surface area contributed by atoms with E-state index >= 15 is 0 Å². The van der Waals surface area contributed by atoms with Crippen LogP contribution in [0.3, 0.4) is 0 Å². The summed E-state index contributed by atoms with van der Waals surface area (Å²) in [6.45, 7) is 2.01. The van der Waals surface area contributed by atoms with E-state index in [9.17, 15) is 14.4 Å². The Morgan fingerprint density at radius 2 is 1.74 bits per heavy atom. The Balaban J connectivity index is 1.16. The highest BCUT2D eigenvalue weighted by molar-refractivity contribution is 5.95. The minimum absolute atomic E-state index is 0.0615. The Hall–Kier alpha value is -4.18. The number of hydrogen-bond acceptors (Lipinski definition) is 6. The van der Waals surface area contributed by atoms with Crippen LogP contribution in [-0.4, -0.2) is 70.1 Å². The fraction of sp³-hybridized carbons (Fsp3) is 0.280. The normalized spacial score (nSPS) is 15.6. The van der Waals surface area contributed by atoms with Gasteiger partial charge in [0.15, 0.2) is 5.82 Å². The third-order valence-corrected chi connectivity index (χ3v) is 6.26. The van der Waals surface area contributed by atoms with Crippen LogP contribution in [0.4, 0.5) is 10.6 Å². The SMILES string of the molecule is CC1(OCC(=O)O)CN(C(=O)c2cc(NC(=O)OCC3c4ccccc4-c4ccccc43)n[nH]2)C1. The molecular formula is C25H24N4O6. The van der Waals surface area contributed by atoms with E-state index in [-0.39, 0.29) is 43.0 Å². The van der Waals surface area contributed by atoms with Gasteiger partial charge >= 0.3 is 12.1 Å². The maximum atomic E-state index is 12.6. The van der Waals surface area contributed by atoms with Gasteiger partial charge in [0.2, 0.25) is 0 Å². The molecule has 5 rings (SSSR count). The Morgan fingerprint density at radius 3 is 2.37 bits per heavy atom. The predicted molar refractivity (Wildman–Crippen MR) is 125 cm³/mol. The second-order valence-corrected chi connectivity index (χ2v) is 8.91. The number of anilines is 1. The van der Waals surface area contributed by atoms with Crippen molar-refractivity contribution in [2.45, 2.75) is 18.4 Å². The first-order valence-electron chi connectivity index (χ1n) is 11.2. The Kier molecular flexibility index (Phi) is 5.73. The average Bonchev–Trinajstić information content (AvgIpc) is 3.42. The molecule has 2 heterocycles. The molecule has 2 aromatic carbocycles. The number of hydrogen-bond donors (Lipinski definition) is 3. The standard InChI is InChI=1S/C25H24N4O6/c1-25(35-12-22(30)31)13-29(14-25)23(32)20-10-21(28-27-20)26-24(33)34-11-19-17-8-4-2-6-15(17)16-7-3-5-9-18(16)19/h2-10,19H,11-14H2,1H3,(H,30,31)(H2,26,27,28,33). The Morgan fingerprint density at radius 1 is 1.11 bits per heavy atom. The van der Waals surface area contributed by atoms with Crippen LogP contribution in [0.2, 0.25) is 0 Å². The summed E-state index contributed by atoms with van der Waals surface area (Å²) in [6.07, 6.45) is -0.670. The maximum absolute atomic E-state index is 12.6. The molecule has 1 fully saturated rings. The fourth-order valence-corrected chi connectivity index (χ4v) is 4.64. The van der Waals surface area contributed by atoms with Crippen molar-refractivity contribution in [2.75, 3.05) is 31.6 Å². The minimum atomic E-state index is -1.06. The van der Waals surface area contributed by atoms with E-state index in [1.165, 1.54) is 11.0 Å². The fourth-order valence-electron chi connectivity index (χ4n) is 4.64. The van der Waals surface area contributed by atoms with E-state index in [4.69, 9.17) is 14.6 Å². The number of carboxylic acid groups (broad SMARTS) is 1. The summed E-state index contributed by atoms with van der Waals surface area (Å²) in [5.74, 6) is -1.28. The summed E-state index contributed by atoms with van der Waals surface area (Å²) in [5, 5.41) is 17.9. The molecule has 3 N–H and O–H groups in total. The van der Waals surface area contributed by atoms with Crippen molar-refractivity contribution in [3.8, 4) is 11.1 Å². The van der Waals surface area contributed by atoms with E-state index in [1.54, 1.807) is 6.92 Å². The van der Waals surface area contributed by atoms with Crippen molar-refractivity contribution in [3.63, 3.8) is 0 Å². The van der Waals surface area contributed by atoms with Gasteiger partial charge in [-0.25, -0.2) is 9.59 Å². The molecular weight excluding hydrogens is 452 g/mol. The molecule has 35 heavy (non-hydrogen) atoms. The number of nitrogens with zero attached hydrogens (tertiary/aromatic N) is 2. The summed E-state index contributed by atoms with van der Waals surface area (Å²) >= 11 is 0. The molecule has 0 spiro atoms. The molecule has 180 valence electrons. The van der Waals surface area contributed by atoms with Crippen molar-refractivity contribution >= 4 is 23.8 Å². The number of aliphatic carboxylic acids is 1. The first kappa shape index (κ1) is 22.6. The zero-order valence-electron chi connectivity index (χ0n) is 19.0. The summed E-state index contributed by atoms with van der Waals surface area (Å²) in [6, 6.07) is 17.6. The average molecular weight is 476 g/mol. The quantitative estimate of drug-likeness (QED) is 0.477. The van der Waals surface area contributed by atoms with Crippen molar-refractivity contribution in [1.82, 2.24) is 15.1 Å². The molecule has 0 unspecified atom stereocenters. The molecule has 10 heteroatoms. The van der Waals surface area contributed by atoms with E-state index < -0.39 is 24.3 Å². The second-order valence-electron chi connectivity index (χ2n) is 8.91. The number of carboxylic acids is 1. The van der Waals surface area contributed by atoms with Gasteiger partial charge in [-0.15, -0.1) is 0 Å². The van der Waals surface area contributed by atoms with Crippen LogP contribution in [0.25, 0.3) is 11.1 Å². The number of rotatable bonds is 7. The molecule has 0 atom stereocenters. The van der Waals surface area contributed by atoms with Crippen molar-refractivity contribution < 1.29 is 29.0 Å². The Bertz CT molecular complexity index is 1250. The number of aromatic nitrogens is 2. The van der Waals surface area contributed by atoms with Crippen LogP contribution in [-0.2, 0) is 14.3 Å². The number of nitrogens with one attached hydrogen (secondary N) is 2. The monoisotopic (exact) mass is 476 g/mol. The Labute approximate surface area is 200 Å². The number of amides is 2. The lowest BCUT2D eigenvalue weighted by molar-refractivity contribution is -0.159. The van der Waals surface area contributed by atoms with Crippen molar-refractivity contribution in [3.05, 3.63) is 71.4 Å². The van der Waals surface area contributed by atoms with Crippen LogP contribution >= 0.6 is 0 Å². The van der Waals surface area contributed by atoms with Gasteiger partial charge in [0.25, 0.3) is 5.91 Å². The molecule has 1 saturated heterocycles. The van der Waals surface area contributed by atoms with E-state index in [1.807, 2.05) is 36.4 Å². The predicted octanol–water partition coefficient (Wildman–Crippen LogP) is 3.09. The molecule has 3 aromatic rings. The number of fused-ring (bicyclic) bond motifs is 3. The van der Waals surface area contributed by atoms with E-state index in [0.29, 0.717) is 0 Å². The third kappa shape index (κ3) is 4.47. The highest BCUT2D eigenvalue weighted by atomic mass is 16.5. The number of likely N-dealkylation sites (tertiary alicyclic amines) is 1. The molecule has 1 aliphatic heterocycles.